The highest BCUT2D eigenvalue weighted by atomic mass is 16.1. The molecule has 2 aromatic heterocycles. The topological polar surface area (TPSA) is 83.6 Å². The first-order valence-corrected chi connectivity index (χ1v) is 5.98. The molecule has 0 aliphatic rings. The fourth-order valence-electron chi connectivity index (χ4n) is 1.77. The predicted octanol–water partition coefficient (Wildman–Crippen LogP) is 2.12. The van der Waals surface area contributed by atoms with Gasteiger partial charge in [-0.3, -0.25) is 9.89 Å². The first-order chi connectivity index (χ1) is 9.83. The molecule has 0 radical (unpaired) electrons. The van der Waals surface area contributed by atoms with E-state index in [0.717, 1.165) is 16.8 Å². The van der Waals surface area contributed by atoms with Crippen molar-refractivity contribution in [1.82, 2.24) is 20.2 Å². The zero-order valence-corrected chi connectivity index (χ0v) is 10.4. The summed E-state index contributed by atoms with van der Waals surface area (Å²) >= 11 is 0. The van der Waals surface area contributed by atoms with Crippen LogP contribution in [0.4, 0.5) is 5.69 Å². The molecule has 1 amide bonds. The molecule has 0 atom stereocenters. The summed E-state index contributed by atoms with van der Waals surface area (Å²) in [5.74, 6) is -0.199. The van der Waals surface area contributed by atoms with E-state index in [1.807, 2.05) is 24.3 Å². The van der Waals surface area contributed by atoms with Gasteiger partial charge in [-0.1, -0.05) is 12.1 Å². The Kier molecular flexibility index (Phi) is 3.20. The quantitative estimate of drug-likeness (QED) is 0.759. The molecule has 0 spiro atoms. The maximum atomic E-state index is 11.8. The molecule has 3 rings (SSSR count). The number of aromatic amines is 1. The van der Waals surface area contributed by atoms with Gasteiger partial charge in [-0.2, -0.15) is 5.10 Å². The maximum Gasteiger partial charge on any atom is 0.258 e. The summed E-state index contributed by atoms with van der Waals surface area (Å²) in [6.07, 6.45) is 8.00. The van der Waals surface area contributed by atoms with Crippen LogP contribution in [-0.4, -0.2) is 26.1 Å². The van der Waals surface area contributed by atoms with Gasteiger partial charge in [0.1, 0.15) is 6.33 Å². The van der Waals surface area contributed by atoms with Crippen LogP contribution in [0, 0.1) is 0 Å². The summed E-state index contributed by atoms with van der Waals surface area (Å²) in [6.45, 7) is 0. The minimum Gasteiger partial charge on any atom is -0.322 e. The summed E-state index contributed by atoms with van der Waals surface area (Å²) in [5.41, 5.74) is 3.13. The third kappa shape index (κ3) is 2.54. The van der Waals surface area contributed by atoms with Gasteiger partial charge in [0, 0.05) is 29.8 Å². The summed E-state index contributed by atoms with van der Waals surface area (Å²) in [7, 11) is 0. The highest BCUT2D eigenvalue weighted by Crippen LogP contribution is 2.19. The van der Waals surface area contributed by atoms with Crippen LogP contribution in [-0.2, 0) is 0 Å². The van der Waals surface area contributed by atoms with Crippen molar-refractivity contribution < 1.29 is 4.79 Å². The Morgan fingerprint density at radius 2 is 1.75 bits per heavy atom. The van der Waals surface area contributed by atoms with Gasteiger partial charge < -0.3 is 5.32 Å². The van der Waals surface area contributed by atoms with Crippen LogP contribution in [0.2, 0.25) is 0 Å². The molecule has 1 aromatic carbocycles. The lowest BCUT2D eigenvalue weighted by atomic mass is 10.1. The number of amides is 1. The fraction of sp³-hybridized carbons (Fsp3) is 0. The molecule has 0 bridgehead atoms. The van der Waals surface area contributed by atoms with Crippen molar-refractivity contribution in [2.24, 2.45) is 0 Å². The summed E-state index contributed by atoms with van der Waals surface area (Å²) in [6, 6.07) is 7.48. The summed E-state index contributed by atoms with van der Waals surface area (Å²) in [4.78, 5) is 19.8. The summed E-state index contributed by atoms with van der Waals surface area (Å²) in [5, 5.41) is 9.13. The second-order valence-corrected chi connectivity index (χ2v) is 4.15. The lowest BCUT2D eigenvalue weighted by Crippen LogP contribution is -2.10. The highest BCUT2D eigenvalue weighted by molar-refractivity contribution is 6.03. The van der Waals surface area contributed by atoms with E-state index in [9.17, 15) is 4.79 Å². The number of rotatable bonds is 3. The number of carbonyl (C=O) groups is 1. The Labute approximate surface area is 114 Å². The van der Waals surface area contributed by atoms with Gasteiger partial charge in [-0.15, -0.1) is 0 Å². The van der Waals surface area contributed by atoms with E-state index in [-0.39, 0.29) is 5.91 Å². The average molecular weight is 265 g/mol. The van der Waals surface area contributed by atoms with E-state index in [1.165, 1.54) is 12.5 Å². The number of aromatic nitrogens is 4. The van der Waals surface area contributed by atoms with Gasteiger partial charge in [0.05, 0.1) is 11.8 Å². The van der Waals surface area contributed by atoms with Gasteiger partial charge in [0.25, 0.3) is 5.91 Å². The number of hydrogen-bond donors (Lipinski definition) is 2. The van der Waals surface area contributed by atoms with E-state index in [4.69, 9.17) is 0 Å². The largest absolute Gasteiger partial charge is 0.322 e. The molecule has 6 heteroatoms. The zero-order valence-electron chi connectivity index (χ0n) is 10.4. The molecule has 0 saturated carbocycles. The Hall–Kier alpha value is -3.02. The van der Waals surface area contributed by atoms with Crippen molar-refractivity contribution >= 4 is 11.6 Å². The normalized spacial score (nSPS) is 10.2. The smallest absolute Gasteiger partial charge is 0.258 e. The predicted molar refractivity (Wildman–Crippen MR) is 74.0 cm³/mol. The van der Waals surface area contributed by atoms with Gasteiger partial charge in [-0.05, 0) is 17.7 Å². The molecule has 0 aliphatic carbocycles. The van der Waals surface area contributed by atoms with Crippen molar-refractivity contribution in [2.45, 2.75) is 0 Å². The van der Waals surface area contributed by atoms with Crippen molar-refractivity contribution in [3.63, 3.8) is 0 Å². The first kappa shape index (κ1) is 12.0. The third-order valence-electron chi connectivity index (χ3n) is 2.80. The van der Waals surface area contributed by atoms with Gasteiger partial charge in [0.15, 0.2) is 0 Å². The second-order valence-electron chi connectivity index (χ2n) is 4.15. The number of hydrogen-bond acceptors (Lipinski definition) is 4. The molecule has 20 heavy (non-hydrogen) atoms. The number of benzene rings is 1. The Bertz CT molecular complexity index is 692. The highest BCUT2D eigenvalue weighted by Gasteiger charge is 2.06. The Morgan fingerprint density at radius 3 is 2.40 bits per heavy atom. The van der Waals surface area contributed by atoms with E-state index in [1.54, 1.807) is 18.6 Å². The van der Waals surface area contributed by atoms with E-state index in [0.29, 0.717) is 5.56 Å². The lowest BCUT2D eigenvalue weighted by Gasteiger charge is -2.05. The minimum absolute atomic E-state index is 0.199. The SMILES string of the molecule is O=C(Nc1ccc(-c2cncnc2)cc1)c1cn[nH]c1. The molecule has 98 valence electrons. The molecule has 0 saturated heterocycles. The first-order valence-electron chi connectivity index (χ1n) is 5.98. The number of nitrogens with one attached hydrogen (secondary N) is 2. The van der Waals surface area contributed by atoms with Crippen molar-refractivity contribution in [2.75, 3.05) is 5.32 Å². The third-order valence-corrected chi connectivity index (χ3v) is 2.80. The fourth-order valence-corrected chi connectivity index (χ4v) is 1.77. The Balaban J connectivity index is 1.75. The Morgan fingerprint density at radius 1 is 1.00 bits per heavy atom. The van der Waals surface area contributed by atoms with Crippen molar-refractivity contribution in [1.29, 1.82) is 0 Å². The maximum absolute atomic E-state index is 11.8. The zero-order chi connectivity index (χ0) is 13.8. The van der Waals surface area contributed by atoms with Crippen LogP contribution >= 0.6 is 0 Å². The number of nitrogens with zero attached hydrogens (tertiary/aromatic N) is 3. The lowest BCUT2D eigenvalue weighted by molar-refractivity contribution is 0.102. The molecular formula is C14H11N5O. The monoisotopic (exact) mass is 265 g/mol. The molecule has 0 fully saturated rings. The molecule has 2 heterocycles. The van der Waals surface area contributed by atoms with Gasteiger partial charge in [0.2, 0.25) is 0 Å². The molecule has 2 N–H and O–H groups in total. The van der Waals surface area contributed by atoms with Crippen LogP contribution < -0.4 is 5.32 Å². The molecular weight excluding hydrogens is 254 g/mol. The molecule has 3 aromatic rings. The van der Waals surface area contributed by atoms with Gasteiger partial charge in [-0.25, -0.2) is 9.97 Å². The second kappa shape index (κ2) is 5.31. The van der Waals surface area contributed by atoms with Crippen LogP contribution in [0.1, 0.15) is 10.4 Å². The van der Waals surface area contributed by atoms with Crippen molar-refractivity contribution in [3.05, 3.63) is 60.9 Å². The van der Waals surface area contributed by atoms with Crippen LogP contribution in [0.5, 0.6) is 0 Å². The average Bonchev–Trinajstić information content (AvgIpc) is 3.03. The standard InChI is InChI=1S/C14H11N5O/c20-14(12-7-17-18-8-12)19-13-3-1-10(2-4-13)11-5-15-9-16-6-11/h1-9H,(H,17,18)(H,19,20). The van der Waals surface area contributed by atoms with E-state index >= 15 is 0 Å². The van der Waals surface area contributed by atoms with E-state index < -0.39 is 0 Å². The van der Waals surface area contributed by atoms with E-state index in [2.05, 4.69) is 25.5 Å². The minimum atomic E-state index is -0.199. The number of H-pyrrole nitrogens is 1. The number of anilines is 1. The molecule has 6 nitrogen and oxygen atoms in total. The summed E-state index contributed by atoms with van der Waals surface area (Å²) < 4.78 is 0. The van der Waals surface area contributed by atoms with Crippen LogP contribution in [0.15, 0.2) is 55.4 Å². The van der Waals surface area contributed by atoms with Gasteiger partial charge >= 0.3 is 0 Å². The van der Waals surface area contributed by atoms with Crippen molar-refractivity contribution in [3.8, 4) is 11.1 Å². The van der Waals surface area contributed by atoms with Crippen LogP contribution in [0.25, 0.3) is 11.1 Å². The van der Waals surface area contributed by atoms with Crippen LogP contribution in [0.3, 0.4) is 0 Å². The number of carbonyl (C=O) groups excluding carboxylic acids is 1. The molecule has 0 aliphatic heterocycles. The molecule has 0 unspecified atom stereocenters.